The number of rotatable bonds is 5. The van der Waals surface area contributed by atoms with Gasteiger partial charge in [-0.05, 0) is 27.0 Å². The van der Waals surface area contributed by atoms with Crippen molar-refractivity contribution in [1.29, 1.82) is 0 Å². The van der Waals surface area contributed by atoms with Crippen molar-refractivity contribution in [2.75, 3.05) is 13.7 Å². The number of nitrogens with zero attached hydrogens (tertiary/aromatic N) is 1. The van der Waals surface area contributed by atoms with Crippen LogP contribution in [-0.2, 0) is 0 Å². The Hall–Kier alpha value is -0.970. The molecule has 3 nitrogen and oxygen atoms in total. The van der Waals surface area contributed by atoms with E-state index in [1.165, 1.54) is 6.07 Å². The lowest BCUT2D eigenvalue weighted by Gasteiger charge is -2.35. The first kappa shape index (κ1) is 14.1. The fourth-order valence-electron chi connectivity index (χ4n) is 1.99. The molecule has 0 saturated carbocycles. The molecule has 0 bridgehead atoms. The molecule has 0 spiro atoms. The molecule has 0 aliphatic rings. The molecule has 4 heteroatoms. The van der Waals surface area contributed by atoms with E-state index in [9.17, 15) is 9.50 Å². The molecule has 0 saturated heterocycles. The third kappa shape index (κ3) is 3.25. The summed E-state index contributed by atoms with van der Waals surface area (Å²) in [6, 6.07) is 6.11. The second kappa shape index (κ2) is 6.10. The quantitative estimate of drug-likeness (QED) is 0.820. The van der Waals surface area contributed by atoms with E-state index in [1.54, 1.807) is 18.2 Å². The van der Waals surface area contributed by atoms with Crippen LogP contribution in [0.3, 0.4) is 0 Å². The summed E-state index contributed by atoms with van der Waals surface area (Å²) in [7, 11) is 1.85. The smallest absolute Gasteiger partial charge is 0.128 e. The zero-order valence-electron chi connectivity index (χ0n) is 10.6. The normalized spacial score (nSPS) is 16.9. The standard InChI is InChI=1S/C13H21FN2O/c1-9(8-17)16(3)13(10(2)15)11-6-4-5-7-12(11)14/h4-7,9-10,13,17H,8,15H2,1-3H3. The Kier molecular flexibility index (Phi) is 5.05. The van der Waals surface area contributed by atoms with Gasteiger partial charge in [-0.15, -0.1) is 0 Å². The Morgan fingerprint density at radius 3 is 2.41 bits per heavy atom. The summed E-state index contributed by atoms with van der Waals surface area (Å²) in [6.45, 7) is 3.75. The summed E-state index contributed by atoms with van der Waals surface area (Å²) >= 11 is 0. The first-order valence-corrected chi connectivity index (χ1v) is 5.81. The van der Waals surface area contributed by atoms with Crippen LogP contribution < -0.4 is 5.73 Å². The van der Waals surface area contributed by atoms with E-state index >= 15 is 0 Å². The molecule has 0 aromatic heterocycles. The van der Waals surface area contributed by atoms with E-state index in [1.807, 2.05) is 25.8 Å². The number of aliphatic hydroxyl groups is 1. The van der Waals surface area contributed by atoms with Crippen molar-refractivity contribution in [3.63, 3.8) is 0 Å². The van der Waals surface area contributed by atoms with Crippen molar-refractivity contribution >= 4 is 0 Å². The number of aliphatic hydroxyl groups excluding tert-OH is 1. The van der Waals surface area contributed by atoms with Gasteiger partial charge in [0.05, 0.1) is 12.6 Å². The van der Waals surface area contributed by atoms with Gasteiger partial charge in [-0.3, -0.25) is 4.90 Å². The van der Waals surface area contributed by atoms with Crippen LogP contribution in [0.5, 0.6) is 0 Å². The molecule has 0 heterocycles. The van der Waals surface area contributed by atoms with E-state index in [4.69, 9.17) is 5.73 Å². The number of halogens is 1. The van der Waals surface area contributed by atoms with Crippen molar-refractivity contribution in [3.8, 4) is 0 Å². The zero-order chi connectivity index (χ0) is 13.0. The topological polar surface area (TPSA) is 49.5 Å². The summed E-state index contributed by atoms with van der Waals surface area (Å²) in [6.07, 6.45) is 0. The summed E-state index contributed by atoms with van der Waals surface area (Å²) in [5, 5.41) is 9.18. The monoisotopic (exact) mass is 240 g/mol. The molecule has 17 heavy (non-hydrogen) atoms. The second-order valence-electron chi connectivity index (χ2n) is 4.52. The minimum atomic E-state index is -0.258. The molecule has 3 N–H and O–H groups in total. The molecule has 1 rings (SSSR count). The molecule has 0 radical (unpaired) electrons. The van der Waals surface area contributed by atoms with Crippen LogP contribution in [0, 0.1) is 5.82 Å². The van der Waals surface area contributed by atoms with Crippen LogP contribution >= 0.6 is 0 Å². The van der Waals surface area contributed by atoms with E-state index < -0.39 is 0 Å². The van der Waals surface area contributed by atoms with Gasteiger partial charge in [0.25, 0.3) is 0 Å². The van der Waals surface area contributed by atoms with E-state index in [0.717, 1.165) is 0 Å². The highest BCUT2D eigenvalue weighted by molar-refractivity contribution is 5.22. The average molecular weight is 240 g/mol. The number of nitrogens with two attached hydrogens (primary N) is 1. The first-order chi connectivity index (χ1) is 7.99. The van der Waals surface area contributed by atoms with Crippen molar-refractivity contribution < 1.29 is 9.50 Å². The van der Waals surface area contributed by atoms with Gasteiger partial charge in [-0.2, -0.15) is 0 Å². The van der Waals surface area contributed by atoms with Crippen molar-refractivity contribution in [2.45, 2.75) is 32.0 Å². The molecule has 96 valence electrons. The van der Waals surface area contributed by atoms with E-state index in [2.05, 4.69) is 0 Å². The lowest BCUT2D eigenvalue weighted by Crippen LogP contribution is -2.43. The molecule has 0 amide bonds. The highest BCUT2D eigenvalue weighted by atomic mass is 19.1. The highest BCUT2D eigenvalue weighted by Crippen LogP contribution is 2.26. The number of hydrogen-bond acceptors (Lipinski definition) is 3. The maximum Gasteiger partial charge on any atom is 0.128 e. The van der Waals surface area contributed by atoms with Gasteiger partial charge >= 0.3 is 0 Å². The molecule has 3 atom stereocenters. The minimum absolute atomic E-state index is 0.0220. The SMILES string of the molecule is CC(N)C(c1ccccc1F)N(C)C(C)CO. The summed E-state index contributed by atoms with van der Waals surface area (Å²) in [5.74, 6) is -0.258. The maximum atomic E-state index is 13.8. The largest absolute Gasteiger partial charge is 0.395 e. The summed E-state index contributed by atoms with van der Waals surface area (Å²) in [4.78, 5) is 1.91. The van der Waals surface area contributed by atoms with Gasteiger partial charge in [0, 0.05) is 17.6 Å². The van der Waals surface area contributed by atoms with Gasteiger partial charge in [-0.1, -0.05) is 18.2 Å². The molecule has 1 aromatic rings. The number of hydrogen-bond donors (Lipinski definition) is 2. The minimum Gasteiger partial charge on any atom is -0.395 e. The molecule has 3 unspecified atom stereocenters. The third-order valence-electron chi connectivity index (χ3n) is 3.12. The van der Waals surface area contributed by atoms with Crippen LogP contribution in [0.4, 0.5) is 4.39 Å². The van der Waals surface area contributed by atoms with Crippen molar-refractivity contribution in [3.05, 3.63) is 35.6 Å². The van der Waals surface area contributed by atoms with Crippen molar-refractivity contribution in [1.82, 2.24) is 4.90 Å². The fourth-order valence-corrected chi connectivity index (χ4v) is 1.99. The molecular weight excluding hydrogens is 219 g/mol. The lowest BCUT2D eigenvalue weighted by atomic mass is 9.98. The molecule has 0 aliphatic heterocycles. The van der Waals surface area contributed by atoms with E-state index in [-0.39, 0.29) is 30.5 Å². The number of benzene rings is 1. The van der Waals surface area contributed by atoms with Crippen LogP contribution in [-0.4, -0.2) is 35.7 Å². The lowest BCUT2D eigenvalue weighted by molar-refractivity contribution is 0.107. The molecule has 1 aromatic carbocycles. The van der Waals surface area contributed by atoms with Gasteiger partial charge in [-0.25, -0.2) is 4.39 Å². The summed E-state index contributed by atoms with van der Waals surface area (Å²) < 4.78 is 13.8. The molecular formula is C13H21FN2O. The fraction of sp³-hybridized carbons (Fsp3) is 0.538. The second-order valence-corrected chi connectivity index (χ2v) is 4.52. The van der Waals surface area contributed by atoms with Gasteiger partial charge < -0.3 is 10.8 Å². The van der Waals surface area contributed by atoms with Crippen LogP contribution in [0.1, 0.15) is 25.5 Å². The third-order valence-corrected chi connectivity index (χ3v) is 3.12. The molecule has 0 fully saturated rings. The Morgan fingerprint density at radius 1 is 1.35 bits per heavy atom. The van der Waals surface area contributed by atoms with Gasteiger partial charge in [0.15, 0.2) is 0 Å². The Labute approximate surface area is 102 Å². The van der Waals surface area contributed by atoms with Crippen LogP contribution in [0.2, 0.25) is 0 Å². The first-order valence-electron chi connectivity index (χ1n) is 5.81. The van der Waals surface area contributed by atoms with Gasteiger partial charge in [0.1, 0.15) is 5.82 Å². The Bertz CT molecular complexity index is 357. The number of likely N-dealkylation sites (N-methyl/N-ethyl adjacent to an activating group) is 1. The van der Waals surface area contributed by atoms with Crippen molar-refractivity contribution in [2.24, 2.45) is 5.73 Å². The highest BCUT2D eigenvalue weighted by Gasteiger charge is 2.26. The molecule has 0 aliphatic carbocycles. The summed E-state index contributed by atoms with van der Waals surface area (Å²) in [5.41, 5.74) is 6.52. The maximum absolute atomic E-state index is 13.8. The zero-order valence-corrected chi connectivity index (χ0v) is 10.6. The predicted molar refractivity (Wildman–Crippen MR) is 67.1 cm³/mol. The van der Waals surface area contributed by atoms with Crippen LogP contribution in [0.25, 0.3) is 0 Å². The average Bonchev–Trinajstić information content (AvgIpc) is 2.30. The Morgan fingerprint density at radius 2 is 1.94 bits per heavy atom. The Balaban J connectivity index is 3.06. The van der Waals surface area contributed by atoms with E-state index in [0.29, 0.717) is 5.56 Å². The van der Waals surface area contributed by atoms with Gasteiger partial charge in [0.2, 0.25) is 0 Å². The van der Waals surface area contributed by atoms with Crippen LogP contribution in [0.15, 0.2) is 24.3 Å². The predicted octanol–water partition coefficient (Wildman–Crippen LogP) is 1.53.